The second-order valence-electron chi connectivity index (χ2n) is 4.61. The Bertz CT molecular complexity index is 260. The van der Waals surface area contributed by atoms with Crippen molar-refractivity contribution in [3.05, 3.63) is 0 Å². The molecule has 1 amide bonds. The van der Waals surface area contributed by atoms with Crippen molar-refractivity contribution in [3.63, 3.8) is 0 Å². The Morgan fingerprint density at radius 1 is 1.25 bits per heavy atom. The van der Waals surface area contributed by atoms with E-state index in [1.165, 1.54) is 0 Å². The number of amides is 1. The normalized spacial score (nSPS) is 19.1. The van der Waals surface area contributed by atoms with E-state index >= 15 is 0 Å². The van der Waals surface area contributed by atoms with Crippen LogP contribution >= 0.6 is 0 Å². The van der Waals surface area contributed by atoms with Crippen LogP contribution in [-0.4, -0.2) is 30.1 Å². The highest BCUT2D eigenvalue weighted by Gasteiger charge is 2.34. The van der Waals surface area contributed by atoms with Crippen LogP contribution in [0, 0.1) is 5.41 Å². The van der Waals surface area contributed by atoms with Crippen molar-refractivity contribution < 1.29 is 14.7 Å². The van der Waals surface area contributed by atoms with Gasteiger partial charge in [0.15, 0.2) is 0 Å². The van der Waals surface area contributed by atoms with Crippen molar-refractivity contribution in [1.82, 2.24) is 5.32 Å². The number of nitrogens with two attached hydrogens (primary N) is 1. The van der Waals surface area contributed by atoms with Crippen LogP contribution < -0.4 is 11.1 Å². The molecule has 1 rings (SSSR count). The first-order valence-corrected chi connectivity index (χ1v) is 5.76. The first-order valence-electron chi connectivity index (χ1n) is 5.76. The van der Waals surface area contributed by atoms with Crippen LogP contribution in [0.25, 0.3) is 0 Å². The van der Waals surface area contributed by atoms with Gasteiger partial charge in [-0.2, -0.15) is 0 Å². The number of nitrogens with one attached hydrogen (secondary N) is 1. The van der Waals surface area contributed by atoms with E-state index < -0.39 is 5.97 Å². The maximum absolute atomic E-state index is 11.1. The van der Waals surface area contributed by atoms with Crippen molar-refractivity contribution in [2.75, 3.05) is 13.1 Å². The molecule has 92 valence electrons. The summed E-state index contributed by atoms with van der Waals surface area (Å²) in [6, 6.07) is 0. The predicted molar refractivity (Wildman–Crippen MR) is 59.8 cm³/mol. The molecule has 0 saturated heterocycles. The zero-order chi connectivity index (χ0) is 12.0. The van der Waals surface area contributed by atoms with Crippen molar-refractivity contribution >= 4 is 11.9 Å². The summed E-state index contributed by atoms with van der Waals surface area (Å²) in [4.78, 5) is 21.9. The summed E-state index contributed by atoms with van der Waals surface area (Å²) in [7, 11) is 0. The highest BCUT2D eigenvalue weighted by molar-refractivity contribution is 5.77. The van der Waals surface area contributed by atoms with Crippen LogP contribution in [0.3, 0.4) is 0 Å². The second-order valence-corrected chi connectivity index (χ2v) is 4.61. The molecule has 0 heterocycles. The van der Waals surface area contributed by atoms with Crippen LogP contribution in [0.5, 0.6) is 0 Å². The Morgan fingerprint density at radius 3 is 2.38 bits per heavy atom. The number of hydrogen-bond acceptors (Lipinski definition) is 3. The Hall–Kier alpha value is -1.10. The lowest BCUT2D eigenvalue weighted by molar-refractivity contribution is -0.140. The molecule has 1 aliphatic carbocycles. The van der Waals surface area contributed by atoms with E-state index in [1.807, 2.05) is 0 Å². The third-order valence-electron chi connectivity index (χ3n) is 3.29. The maximum atomic E-state index is 11.1. The highest BCUT2D eigenvalue weighted by atomic mass is 16.4. The number of carboxylic acids is 1. The van der Waals surface area contributed by atoms with Gasteiger partial charge in [0, 0.05) is 6.54 Å². The van der Waals surface area contributed by atoms with E-state index in [0.717, 1.165) is 32.1 Å². The molecule has 0 spiro atoms. The minimum atomic E-state index is -0.788. The molecule has 5 heteroatoms. The first kappa shape index (κ1) is 13.0. The molecule has 1 aliphatic rings. The largest absolute Gasteiger partial charge is 0.481 e. The number of carbonyl (C=O) groups is 2. The Labute approximate surface area is 95.4 Å². The molecule has 4 N–H and O–H groups in total. The van der Waals surface area contributed by atoms with E-state index in [1.54, 1.807) is 0 Å². The molecule has 0 radical (unpaired) electrons. The minimum Gasteiger partial charge on any atom is -0.481 e. The summed E-state index contributed by atoms with van der Waals surface area (Å²) < 4.78 is 0. The third kappa shape index (κ3) is 3.81. The molecule has 0 atom stereocenters. The molecule has 16 heavy (non-hydrogen) atoms. The van der Waals surface area contributed by atoms with E-state index in [4.69, 9.17) is 10.8 Å². The molecule has 0 aromatic carbocycles. The smallest absolute Gasteiger partial charge is 0.303 e. The van der Waals surface area contributed by atoms with Crippen LogP contribution in [0.2, 0.25) is 0 Å². The predicted octanol–water partition coefficient (Wildman–Crippen LogP) is 0.486. The summed E-state index contributed by atoms with van der Waals surface area (Å²) in [6.45, 7) is 0.401. The van der Waals surface area contributed by atoms with Crippen molar-refractivity contribution in [1.29, 1.82) is 0 Å². The lowest BCUT2D eigenvalue weighted by Crippen LogP contribution is -2.42. The van der Waals surface area contributed by atoms with Gasteiger partial charge in [0.05, 0.1) is 13.0 Å². The van der Waals surface area contributed by atoms with E-state index in [-0.39, 0.29) is 24.3 Å². The van der Waals surface area contributed by atoms with Gasteiger partial charge in [0.25, 0.3) is 0 Å². The fourth-order valence-electron chi connectivity index (χ4n) is 2.40. The van der Waals surface area contributed by atoms with Crippen LogP contribution in [0.4, 0.5) is 0 Å². The van der Waals surface area contributed by atoms with Gasteiger partial charge in [0.2, 0.25) is 5.91 Å². The average molecular weight is 228 g/mol. The second kappa shape index (κ2) is 5.84. The van der Waals surface area contributed by atoms with E-state index in [0.29, 0.717) is 6.54 Å². The minimum absolute atomic E-state index is 0.0385. The van der Waals surface area contributed by atoms with Gasteiger partial charge in [0.1, 0.15) is 0 Å². The van der Waals surface area contributed by atoms with Crippen molar-refractivity contribution in [2.45, 2.75) is 38.5 Å². The van der Waals surface area contributed by atoms with E-state index in [9.17, 15) is 9.59 Å². The van der Waals surface area contributed by atoms with Gasteiger partial charge in [-0.15, -0.1) is 0 Å². The molecule has 0 bridgehead atoms. The summed E-state index contributed by atoms with van der Waals surface area (Å²) >= 11 is 0. The summed E-state index contributed by atoms with van der Waals surface area (Å²) in [6.07, 6.45) is 5.15. The van der Waals surface area contributed by atoms with Gasteiger partial charge in [-0.05, 0) is 18.3 Å². The maximum Gasteiger partial charge on any atom is 0.303 e. The molecule has 0 unspecified atom stereocenters. The Morgan fingerprint density at radius 2 is 1.88 bits per heavy atom. The van der Waals surface area contributed by atoms with Crippen molar-refractivity contribution in [3.8, 4) is 0 Å². The molecule has 1 saturated carbocycles. The number of aliphatic carboxylic acids is 1. The summed E-state index contributed by atoms with van der Waals surface area (Å²) in [5.41, 5.74) is 4.95. The van der Waals surface area contributed by atoms with Gasteiger partial charge in [-0.25, -0.2) is 0 Å². The molecule has 0 aliphatic heterocycles. The molecular weight excluding hydrogens is 208 g/mol. The van der Waals surface area contributed by atoms with Gasteiger partial charge in [-0.3, -0.25) is 9.59 Å². The highest BCUT2D eigenvalue weighted by Crippen LogP contribution is 2.38. The Kier molecular flexibility index (Phi) is 4.73. The van der Waals surface area contributed by atoms with Crippen LogP contribution in [0.1, 0.15) is 38.5 Å². The zero-order valence-electron chi connectivity index (χ0n) is 9.50. The van der Waals surface area contributed by atoms with Gasteiger partial charge < -0.3 is 16.2 Å². The van der Waals surface area contributed by atoms with E-state index in [2.05, 4.69) is 5.32 Å². The SMILES string of the molecule is NCC(=O)NCC1(CC(=O)O)CCCCC1. The summed E-state index contributed by atoms with van der Waals surface area (Å²) in [5.74, 6) is -1.00. The molecule has 0 aromatic heterocycles. The number of carbonyl (C=O) groups excluding carboxylic acids is 1. The first-order chi connectivity index (χ1) is 7.58. The van der Waals surface area contributed by atoms with Gasteiger partial charge >= 0.3 is 5.97 Å². The molecule has 0 aromatic rings. The fraction of sp³-hybridized carbons (Fsp3) is 0.818. The van der Waals surface area contributed by atoms with Crippen LogP contribution in [0.15, 0.2) is 0 Å². The monoisotopic (exact) mass is 228 g/mol. The number of rotatable bonds is 5. The standard InChI is InChI=1S/C11H20N2O3/c12-7-9(14)13-8-11(6-10(15)16)4-2-1-3-5-11/h1-8,12H2,(H,13,14)(H,15,16). The fourth-order valence-corrected chi connectivity index (χ4v) is 2.40. The average Bonchev–Trinajstić information content (AvgIpc) is 2.26. The summed E-state index contributed by atoms with van der Waals surface area (Å²) in [5, 5.41) is 11.6. The zero-order valence-corrected chi connectivity index (χ0v) is 9.50. The molecular formula is C11H20N2O3. The molecule has 5 nitrogen and oxygen atoms in total. The number of carboxylic acid groups (broad SMARTS) is 1. The third-order valence-corrected chi connectivity index (χ3v) is 3.29. The van der Waals surface area contributed by atoms with Crippen molar-refractivity contribution in [2.24, 2.45) is 11.1 Å². The van der Waals surface area contributed by atoms with Gasteiger partial charge in [-0.1, -0.05) is 19.3 Å². The quantitative estimate of drug-likeness (QED) is 0.638. The number of hydrogen-bond donors (Lipinski definition) is 3. The van der Waals surface area contributed by atoms with Crippen LogP contribution in [-0.2, 0) is 9.59 Å². The molecule has 1 fully saturated rings. The lowest BCUT2D eigenvalue weighted by Gasteiger charge is -2.36. The Balaban J connectivity index is 2.55. The topological polar surface area (TPSA) is 92.4 Å². The lowest BCUT2D eigenvalue weighted by atomic mass is 9.71.